The molecular weight excluding hydrogens is 258 g/mol. The molecule has 1 aromatic heterocycles. The van der Waals surface area contributed by atoms with E-state index in [1.807, 2.05) is 0 Å². The summed E-state index contributed by atoms with van der Waals surface area (Å²) >= 11 is 5.90. The van der Waals surface area contributed by atoms with Gasteiger partial charge in [-0.15, -0.1) is 0 Å². The van der Waals surface area contributed by atoms with Gasteiger partial charge in [0.25, 0.3) is 0 Å². The number of hydrogen-bond acceptors (Lipinski definition) is 4. The predicted molar refractivity (Wildman–Crippen MR) is 67.1 cm³/mol. The summed E-state index contributed by atoms with van der Waals surface area (Å²) in [5.41, 5.74) is -0.0212. The van der Waals surface area contributed by atoms with Crippen LogP contribution in [0.1, 0.15) is 29.9 Å². The lowest BCUT2D eigenvalue weighted by Crippen LogP contribution is -2.23. The van der Waals surface area contributed by atoms with Gasteiger partial charge in [0.2, 0.25) is 5.43 Å². The molecule has 1 aromatic rings. The van der Waals surface area contributed by atoms with E-state index in [1.54, 1.807) is 13.8 Å². The molecule has 6 heteroatoms. The molecule has 0 aliphatic rings. The van der Waals surface area contributed by atoms with E-state index in [-0.39, 0.29) is 23.9 Å². The fourth-order valence-electron chi connectivity index (χ4n) is 1.57. The average molecular weight is 272 g/mol. The molecular formula is C12H14ClNO4. The van der Waals surface area contributed by atoms with Gasteiger partial charge in [0.1, 0.15) is 11.3 Å². The van der Waals surface area contributed by atoms with Crippen LogP contribution in [0.25, 0.3) is 0 Å². The van der Waals surface area contributed by atoms with Crippen LogP contribution in [-0.2, 0) is 22.5 Å². The molecule has 5 nitrogen and oxygen atoms in total. The summed E-state index contributed by atoms with van der Waals surface area (Å²) < 4.78 is 6.17. The van der Waals surface area contributed by atoms with Crippen molar-refractivity contribution in [2.24, 2.45) is 0 Å². The second-order valence-electron chi connectivity index (χ2n) is 3.54. The average Bonchev–Trinajstić information content (AvgIpc) is 2.34. The van der Waals surface area contributed by atoms with Crippen LogP contribution in [0.15, 0.2) is 11.0 Å². The second kappa shape index (κ2) is 6.35. The number of rotatable bonds is 5. The van der Waals surface area contributed by atoms with E-state index < -0.39 is 11.4 Å². The molecule has 0 amide bonds. The van der Waals surface area contributed by atoms with Crippen molar-refractivity contribution in [3.63, 3.8) is 0 Å². The van der Waals surface area contributed by atoms with Crippen LogP contribution in [0.5, 0.6) is 0 Å². The number of aldehydes is 1. The van der Waals surface area contributed by atoms with Crippen molar-refractivity contribution >= 4 is 23.9 Å². The fourth-order valence-corrected chi connectivity index (χ4v) is 1.88. The van der Waals surface area contributed by atoms with Gasteiger partial charge in [-0.3, -0.25) is 4.79 Å². The van der Waals surface area contributed by atoms with E-state index in [0.29, 0.717) is 18.3 Å². The molecule has 18 heavy (non-hydrogen) atoms. The number of aromatic nitrogens is 1. The first-order chi connectivity index (χ1) is 8.56. The van der Waals surface area contributed by atoms with Crippen LogP contribution in [-0.4, -0.2) is 23.4 Å². The third-order valence-corrected chi connectivity index (χ3v) is 2.77. The van der Waals surface area contributed by atoms with Gasteiger partial charge in [0, 0.05) is 11.8 Å². The topological polar surface area (TPSA) is 65.4 Å². The van der Waals surface area contributed by atoms with Crippen molar-refractivity contribution in [2.45, 2.75) is 26.8 Å². The maximum atomic E-state index is 11.8. The molecule has 0 bridgehead atoms. The molecule has 0 saturated carbocycles. The van der Waals surface area contributed by atoms with Crippen LogP contribution in [0.2, 0.25) is 5.02 Å². The first-order valence-corrected chi connectivity index (χ1v) is 5.97. The van der Waals surface area contributed by atoms with Crippen LogP contribution in [0, 0.1) is 0 Å². The molecule has 0 unspecified atom stereocenters. The van der Waals surface area contributed by atoms with Crippen LogP contribution in [0.4, 0.5) is 0 Å². The van der Waals surface area contributed by atoms with Crippen LogP contribution in [0.3, 0.4) is 0 Å². The minimum atomic E-state index is -0.705. The SMILES string of the molecule is CCOC(=O)c1c(Cl)c(=O)c(CC)cn1CC=O. The highest BCUT2D eigenvalue weighted by Gasteiger charge is 2.20. The molecule has 0 atom stereocenters. The molecule has 0 aromatic carbocycles. The van der Waals surface area contributed by atoms with Crippen molar-refractivity contribution in [2.75, 3.05) is 6.61 Å². The summed E-state index contributed by atoms with van der Waals surface area (Å²) in [6.07, 6.45) is 2.57. The van der Waals surface area contributed by atoms with Gasteiger partial charge in [-0.05, 0) is 13.3 Å². The summed E-state index contributed by atoms with van der Waals surface area (Å²) in [4.78, 5) is 34.2. The Labute approximate surface area is 109 Å². The summed E-state index contributed by atoms with van der Waals surface area (Å²) in [7, 11) is 0. The van der Waals surface area contributed by atoms with E-state index >= 15 is 0 Å². The maximum Gasteiger partial charge on any atom is 0.356 e. The number of pyridine rings is 1. The number of nitrogens with zero attached hydrogens (tertiary/aromatic N) is 1. The highest BCUT2D eigenvalue weighted by Crippen LogP contribution is 2.14. The molecule has 0 N–H and O–H groups in total. The number of carbonyl (C=O) groups excluding carboxylic acids is 2. The van der Waals surface area contributed by atoms with E-state index in [1.165, 1.54) is 10.8 Å². The van der Waals surface area contributed by atoms with Gasteiger partial charge in [0.05, 0.1) is 13.2 Å². The normalized spacial score (nSPS) is 10.2. The van der Waals surface area contributed by atoms with Gasteiger partial charge in [-0.25, -0.2) is 4.79 Å². The van der Waals surface area contributed by atoms with Crippen molar-refractivity contribution in [1.82, 2.24) is 4.57 Å². The molecule has 98 valence electrons. The zero-order valence-corrected chi connectivity index (χ0v) is 11.0. The first kappa shape index (κ1) is 14.4. The lowest BCUT2D eigenvalue weighted by molar-refractivity contribution is -0.108. The zero-order chi connectivity index (χ0) is 13.7. The molecule has 0 radical (unpaired) electrons. The van der Waals surface area contributed by atoms with Gasteiger partial charge < -0.3 is 14.1 Å². The van der Waals surface area contributed by atoms with Crippen molar-refractivity contribution < 1.29 is 14.3 Å². The van der Waals surface area contributed by atoms with Gasteiger partial charge in [0.15, 0.2) is 5.69 Å². The standard InChI is InChI=1S/C12H14ClNO4/c1-3-8-7-14(5-6-15)10(9(13)11(8)16)12(17)18-4-2/h6-7H,3-5H2,1-2H3. The number of halogens is 1. The minimum Gasteiger partial charge on any atom is -0.461 e. The maximum absolute atomic E-state index is 11.8. The Morgan fingerprint density at radius 3 is 2.67 bits per heavy atom. The summed E-state index contributed by atoms with van der Waals surface area (Å²) in [6.45, 7) is 3.55. The summed E-state index contributed by atoms with van der Waals surface area (Å²) in [5.74, 6) is -0.705. The van der Waals surface area contributed by atoms with E-state index in [9.17, 15) is 14.4 Å². The Balaban J connectivity index is 3.46. The number of ether oxygens (including phenoxy) is 1. The molecule has 0 saturated heterocycles. The fraction of sp³-hybridized carbons (Fsp3) is 0.417. The van der Waals surface area contributed by atoms with E-state index in [2.05, 4.69) is 0 Å². The smallest absolute Gasteiger partial charge is 0.356 e. The van der Waals surface area contributed by atoms with E-state index in [4.69, 9.17) is 16.3 Å². The monoisotopic (exact) mass is 271 g/mol. The lowest BCUT2D eigenvalue weighted by atomic mass is 10.2. The molecule has 0 fully saturated rings. The molecule has 0 aliphatic heterocycles. The molecule has 1 heterocycles. The Hall–Kier alpha value is -1.62. The number of hydrogen-bond donors (Lipinski definition) is 0. The lowest BCUT2D eigenvalue weighted by Gasteiger charge is -2.13. The first-order valence-electron chi connectivity index (χ1n) is 5.59. The third kappa shape index (κ3) is 2.79. The molecule has 0 aliphatic carbocycles. The Morgan fingerprint density at radius 2 is 2.17 bits per heavy atom. The molecule has 0 spiro atoms. The van der Waals surface area contributed by atoms with Crippen LogP contribution < -0.4 is 5.43 Å². The molecule has 1 rings (SSSR count). The van der Waals surface area contributed by atoms with Crippen molar-refractivity contribution in [1.29, 1.82) is 0 Å². The Bertz CT molecular complexity index is 522. The summed E-state index contributed by atoms with van der Waals surface area (Å²) in [6, 6.07) is 0. The number of esters is 1. The number of aryl methyl sites for hydroxylation is 1. The zero-order valence-electron chi connectivity index (χ0n) is 10.2. The minimum absolute atomic E-state index is 0.0544. The Morgan fingerprint density at radius 1 is 1.50 bits per heavy atom. The second-order valence-corrected chi connectivity index (χ2v) is 3.92. The highest BCUT2D eigenvalue weighted by molar-refractivity contribution is 6.33. The quantitative estimate of drug-likeness (QED) is 0.600. The number of carbonyl (C=O) groups is 2. The predicted octanol–water partition coefficient (Wildman–Crippen LogP) is 1.44. The third-order valence-electron chi connectivity index (χ3n) is 2.42. The Kier molecular flexibility index (Phi) is 5.09. The van der Waals surface area contributed by atoms with Crippen molar-refractivity contribution in [3.05, 3.63) is 32.7 Å². The van der Waals surface area contributed by atoms with E-state index in [0.717, 1.165) is 0 Å². The van der Waals surface area contributed by atoms with Gasteiger partial charge in [-0.2, -0.15) is 0 Å². The largest absolute Gasteiger partial charge is 0.461 e. The summed E-state index contributed by atoms with van der Waals surface area (Å²) in [5, 5.41) is -0.199. The van der Waals surface area contributed by atoms with Crippen LogP contribution >= 0.6 is 11.6 Å². The van der Waals surface area contributed by atoms with Gasteiger partial charge in [-0.1, -0.05) is 18.5 Å². The highest BCUT2D eigenvalue weighted by atomic mass is 35.5. The van der Waals surface area contributed by atoms with Crippen molar-refractivity contribution in [3.8, 4) is 0 Å². The van der Waals surface area contributed by atoms with Gasteiger partial charge >= 0.3 is 5.97 Å².